The first kappa shape index (κ1) is 12.4. The summed E-state index contributed by atoms with van der Waals surface area (Å²) in [6.07, 6.45) is 2.31. The van der Waals surface area contributed by atoms with Crippen molar-refractivity contribution in [1.29, 1.82) is 0 Å². The molecule has 0 saturated carbocycles. The van der Waals surface area contributed by atoms with Gasteiger partial charge in [-0.15, -0.1) is 0 Å². The van der Waals surface area contributed by atoms with Crippen molar-refractivity contribution in [3.8, 4) is 5.88 Å². The molecule has 98 valence electrons. The van der Waals surface area contributed by atoms with Gasteiger partial charge in [0.25, 0.3) is 0 Å². The number of nitrogens with zero attached hydrogens (tertiary/aromatic N) is 3. The zero-order chi connectivity index (χ0) is 13.1. The third-order valence-electron chi connectivity index (χ3n) is 2.91. The summed E-state index contributed by atoms with van der Waals surface area (Å²) in [5.74, 6) is 1.02. The van der Waals surface area contributed by atoms with E-state index in [0.717, 1.165) is 13.0 Å². The molecule has 1 fully saturated rings. The summed E-state index contributed by atoms with van der Waals surface area (Å²) in [6, 6.07) is 0.142. The molecule has 1 atom stereocenters. The number of anilines is 2. The van der Waals surface area contributed by atoms with Crippen LogP contribution in [0.5, 0.6) is 5.88 Å². The number of nitrogens with one attached hydrogen (secondary N) is 1. The lowest BCUT2D eigenvalue weighted by Gasteiger charge is -2.19. The van der Waals surface area contributed by atoms with Crippen LogP contribution in [0.4, 0.5) is 11.5 Å². The Labute approximate surface area is 105 Å². The van der Waals surface area contributed by atoms with Gasteiger partial charge in [0.05, 0.1) is 7.11 Å². The van der Waals surface area contributed by atoms with Gasteiger partial charge in [-0.3, -0.25) is 4.79 Å². The van der Waals surface area contributed by atoms with E-state index < -0.39 is 0 Å². The van der Waals surface area contributed by atoms with E-state index in [2.05, 4.69) is 15.3 Å². The Kier molecular flexibility index (Phi) is 3.50. The molecule has 0 radical (unpaired) electrons. The van der Waals surface area contributed by atoms with Crippen LogP contribution in [-0.2, 0) is 4.79 Å². The van der Waals surface area contributed by atoms with Gasteiger partial charge in [0.2, 0.25) is 11.8 Å². The number of nitrogens with two attached hydrogens (primary N) is 1. The Morgan fingerprint density at radius 3 is 3.06 bits per heavy atom. The summed E-state index contributed by atoms with van der Waals surface area (Å²) in [4.78, 5) is 21.2. The lowest BCUT2D eigenvalue weighted by atomic mass is 10.2. The first-order valence-electron chi connectivity index (χ1n) is 5.78. The molecule has 1 amide bonds. The van der Waals surface area contributed by atoms with Gasteiger partial charge < -0.3 is 20.7 Å². The van der Waals surface area contributed by atoms with Crippen molar-refractivity contribution in [2.45, 2.75) is 19.4 Å². The van der Waals surface area contributed by atoms with Crippen LogP contribution >= 0.6 is 0 Å². The number of rotatable bonds is 3. The van der Waals surface area contributed by atoms with Gasteiger partial charge >= 0.3 is 0 Å². The molecule has 2 rings (SSSR count). The summed E-state index contributed by atoms with van der Waals surface area (Å²) in [5, 5.41) is 2.89. The number of aromatic nitrogens is 2. The van der Waals surface area contributed by atoms with E-state index in [9.17, 15) is 4.79 Å². The lowest BCUT2D eigenvalue weighted by molar-refractivity contribution is -0.119. The summed E-state index contributed by atoms with van der Waals surface area (Å²) in [6.45, 7) is 3.02. The highest BCUT2D eigenvalue weighted by molar-refractivity contribution is 5.73. The quantitative estimate of drug-likeness (QED) is 0.771. The van der Waals surface area contributed by atoms with Crippen molar-refractivity contribution in [3.05, 3.63) is 6.33 Å². The topological polar surface area (TPSA) is 93.4 Å². The number of ether oxygens (including phenoxy) is 1. The number of hydrogen-bond donors (Lipinski definition) is 2. The number of methoxy groups -OCH3 is 1. The van der Waals surface area contributed by atoms with Crippen LogP contribution in [0.15, 0.2) is 6.33 Å². The molecule has 1 aromatic rings. The minimum absolute atomic E-state index is 0.0184. The molecule has 18 heavy (non-hydrogen) atoms. The highest BCUT2D eigenvalue weighted by atomic mass is 16.5. The van der Waals surface area contributed by atoms with Gasteiger partial charge in [-0.2, -0.15) is 4.98 Å². The van der Waals surface area contributed by atoms with Gasteiger partial charge in [0.1, 0.15) is 12.0 Å². The van der Waals surface area contributed by atoms with Crippen molar-refractivity contribution in [1.82, 2.24) is 15.3 Å². The lowest BCUT2D eigenvalue weighted by Crippen LogP contribution is -2.35. The molecule has 2 heterocycles. The molecule has 1 aliphatic rings. The molecule has 0 bridgehead atoms. The van der Waals surface area contributed by atoms with Crippen LogP contribution in [0.25, 0.3) is 0 Å². The zero-order valence-corrected chi connectivity index (χ0v) is 10.5. The molecule has 1 aromatic heterocycles. The normalized spacial score (nSPS) is 18.8. The van der Waals surface area contributed by atoms with Crippen LogP contribution in [0.2, 0.25) is 0 Å². The van der Waals surface area contributed by atoms with E-state index in [-0.39, 0.29) is 11.9 Å². The van der Waals surface area contributed by atoms with Crippen LogP contribution in [0.1, 0.15) is 13.3 Å². The molecule has 7 nitrogen and oxygen atoms in total. The van der Waals surface area contributed by atoms with Gasteiger partial charge in [-0.05, 0) is 6.42 Å². The van der Waals surface area contributed by atoms with E-state index in [1.165, 1.54) is 20.4 Å². The van der Waals surface area contributed by atoms with E-state index >= 15 is 0 Å². The number of nitrogen functional groups attached to an aromatic ring is 1. The molecule has 1 unspecified atom stereocenters. The largest absolute Gasteiger partial charge is 0.479 e. The van der Waals surface area contributed by atoms with Crippen molar-refractivity contribution in [2.24, 2.45) is 0 Å². The maximum absolute atomic E-state index is 11.0. The predicted molar refractivity (Wildman–Crippen MR) is 67.4 cm³/mol. The van der Waals surface area contributed by atoms with E-state index in [1.807, 2.05) is 4.90 Å². The second-order valence-corrected chi connectivity index (χ2v) is 4.25. The summed E-state index contributed by atoms with van der Waals surface area (Å²) in [5.41, 5.74) is 6.38. The number of carbonyl (C=O) groups excluding carboxylic acids is 1. The third kappa shape index (κ3) is 2.44. The zero-order valence-electron chi connectivity index (χ0n) is 10.5. The molecule has 0 aliphatic carbocycles. The van der Waals surface area contributed by atoms with E-state index in [0.29, 0.717) is 23.9 Å². The van der Waals surface area contributed by atoms with Crippen molar-refractivity contribution in [3.63, 3.8) is 0 Å². The average Bonchev–Trinajstić information content (AvgIpc) is 2.76. The number of carbonyl (C=O) groups is 1. The molecular formula is C11H17N5O2. The molecule has 0 aromatic carbocycles. The number of hydrogen-bond acceptors (Lipinski definition) is 6. The minimum atomic E-state index is -0.0184. The molecule has 0 spiro atoms. The predicted octanol–water partition coefficient (Wildman–Crippen LogP) is -0.218. The fraction of sp³-hybridized carbons (Fsp3) is 0.545. The molecule has 7 heteroatoms. The van der Waals surface area contributed by atoms with Gasteiger partial charge in [-0.1, -0.05) is 0 Å². The van der Waals surface area contributed by atoms with E-state index in [4.69, 9.17) is 10.5 Å². The van der Waals surface area contributed by atoms with Crippen LogP contribution < -0.4 is 20.7 Å². The SMILES string of the molecule is COc1ncnc(N2CCC(NC(C)=O)C2)c1N. The Morgan fingerprint density at radius 2 is 2.39 bits per heavy atom. The molecule has 3 N–H and O–H groups in total. The summed E-state index contributed by atoms with van der Waals surface area (Å²) in [7, 11) is 1.52. The Morgan fingerprint density at radius 1 is 1.61 bits per heavy atom. The number of amides is 1. The van der Waals surface area contributed by atoms with E-state index in [1.54, 1.807) is 0 Å². The average molecular weight is 251 g/mol. The van der Waals surface area contributed by atoms with Crippen LogP contribution in [0.3, 0.4) is 0 Å². The van der Waals surface area contributed by atoms with Gasteiger partial charge in [0.15, 0.2) is 5.82 Å². The first-order chi connectivity index (χ1) is 8.61. The van der Waals surface area contributed by atoms with Crippen molar-refractivity contribution in [2.75, 3.05) is 30.8 Å². The second kappa shape index (κ2) is 5.07. The Bertz CT molecular complexity index is 451. The highest BCUT2D eigenvalue weighted by Crippen LogP contribution is 2.29. The highest BCUT2D eigenvalue weighted by Gasteiger charge is 2.26. The standard InChI is InChI=1S/C11H17N5O2/c1-7(17)15-8-3-4-16(5-8)10-9(12)11(18-2)14-6-13-10/h6,8H,3-5,12H2,1-2H3,(H,15,17). The fourth-order valence-corrected chi connectivity index (χ4v) is 2.14. The maximum Gasteiger partial charge on any atom is 0.242 e. The monoisotopic (exact) mass is 251 g/mol. The maximum atomic E-state index is 11.0. The van der Waals surface area contributed by atoms with Crippen molar-refractivity contribution >= 4 is 17.4 Å². The molecule has 1 aliphatic heterocycles. The van der Waals surface area contributed by atoms with Gasteiger partial charge in [-0.25, -0.2) is 4.98 Å². The Balaban J connectivity index is 2.12. The smallest absolute Gasteiger partial charge is 0.242 e. The Hall–Kier alpha value is -2.05. The van der Waals surface area contributed by atoms with Crippen LogP contribution in [0, 0.1) is 0 Å². The molecular weight excluding hydrogens is 234 g/mol. The fourth-order valence-electron chi connectivity index (χ4n) is 2.14. The minimum Gasteiger partial charge on any atom is -0.479 e. The third-order valence-corrected chi connectivity index (χ3v) is 2.91. The first-order valence-corrected chi connectivity index (χ1v) is 5.78. The van der Waals surface area contributed by atoms with Gasteiger partial charge in [0, 0.05) is 26.1 Å². The summed E-state index contributed by atoms with van der Waals surface area (Å²) >= 11 is 0. The molecule has 1 saturated heterocycles. The van der Waals surface area contributed by atoms with Crippen molar-refractivity contribution < 1.29 is 9.53 Å². The van der Waals surface area contributed by atoms with Crippen LogP contribution in [-0.4, -0.2) is 42.1 Å². The second-order valence-electron chi connectivity index (χ2n) is 4.25. The summed E-state index contributed by atoms with van der Waals surface area (Å²) < 4.78 is 5.06.